The standard InChI is InChI=1S/C17H25N5O3/c1-4-20-11-13(10-15(20)23)16(24)21-5-7-22(8-6-21)17-18-12(2)9-14(19-17)25-3/h9,13H,4-8,10-11H2,1-3H3/t13-/m1/s1. The molecule has 3 heterocycles. The molecular weight excluding hydrogens is 322 g/mol. The zero-order valence-corrected chi connectivity index (χ0v) is 15.1. The van der Waals surface area contributed by atoms with Gasteiger partial charge in [-0.2, -0.15) is 4.98 Å². The van der Waals surface area contributed by atoms with Gasteiger partial charge in [0.25, 0.3) is 0 Å². The molecule has 25 heavy (non-hydrogen) atoms. The molecule has 2 aliphatic rings. The summed E-state index contributed by atoms with van der Waals surface area (Å²) in [5, 5.41) is 0. The summed E-state index contributed by atoms with van der Waals surface area (Å²) in [6.45, 7) is 7.66. The summed E-state index contributed by atoms with van der Waals surface area (Å²) < 4.78 is 5.21. The molecule has 1 aromatic rings. The Morgan fingerprint density at radius 1 is 1.28 bits per heavy atom. The summed E-state index contributed by atoms with van der Waals surface area (Å²) in [6.07, 6.45) is 0.338. The molecule has 0 radical (unpaired) electrons. The highest BCUT2D eigenvalue weighted by Crippen LogP contribution is 2.22. The second-order valence-electron chi connectivity index (χ2n) is 6.50. The number of rotatable bonds is 4. The smallest absolute Gasteiger partial charge is 0.228 e. The van der Waals surface area contributed by atoms with Gasteiger partial charge in [0.1, 0.15) is 0 Å². The Balaban J connectivity index is 1.59. The van der Waals surface area contributed by atoms with Crippen LogP contribution in [-0.4, -0.2) is 78.0 Å². The van der Waals surface area contributed by atoms with Gasteiger partial charge >= 0.3 is 0 Å². The van der Waals surface area contributed by atoms with Gasteiger partial charge in [-0.25, -0.2) is 4.98 Å². The van der Waals surface area contributed by atoms with E-state index in [0.29, 0.717) is 57.5 Å². The second-order valence-corrected chi connectivity index (χ2v) is 6.50. The van der Waals surface area contributed by atoms with Gasteiger partial charge in [-0.1, -0.05) is 0 Å². The van der Waals surface area contributed by atoms with Crippen molar-refractivity contribution in [2.45, 2.75) is 20.3 Å². The maximum absolute atomic E-state index is 12.7. The van der Waals surface area contributed by atoms with E-state index in [1.165, 1.54) is 0 Å². The van der Waals surface area contributed by atoms with Crippen molar-refractivity contribution >= 4 is 17.8 Å². The number of aryl methyl sites for hydroxylation is 1. The van der Waals surface area contributed by atoms with E-state index in [0.717, 1.165) is 5.69 Å². The molecule has 0 aromatic carbocycles. The normalized spacial score (nSPS) is 21.0. The number of aromatic nitrogens is 2. The van der Waals surface area contributed by atoms with Gasteiger partial charge in [-0.05, 0) is 13.8 Å². The molecule has 8 nitrogen and oxygen atoms in total. The molecule has 0 bridgehead atoms. The first-order valence-corrected chi connectivity index (χ1v) is 8.73. The lowest BCUT2D eigenvalue weighted by Gasteiger charge is -2.36. The average molecular weight is 347 g/mol. The van der Waals surface area contributed by atoms with Crippen molar-refractivity contribution in [1.29, 1.82) is 0 Å². The van der Waals surface area contributed by atoms with Crippen molar-refractivity contribution in [1.82, 2.24) is 19.8 Å². The molecule has 136 valence electrons. The molecule has 0 spiro atoms. The van der Waals surface area contributed by atoms with E-state index in [2.05, 4.69) is 14.9 Å². The summed E-state index contributed by atoms with van der Waals surface area (Å²) >= 11 is 0. The number of carbonyl (C=O) groups is 2. The van der Waals surface area contributed by atoms with Crippen LogP contribution < -0.4 is 9.64 Å². The number of carbonyl (C=O) groups excluding carboxylic acids is 2. The monoisotopic (exact) mass is 347 g/mol. The molecule has 2 amide bonds. The van der Waals surface area contributed by atoms with Crippen LogP contribution in [-0.2, 0) is 9.59 Å². The van der Waals surface area contributed by atoms with Crippen molar-refractivity contribution in [2.24, 2.45) is 5.92 Å². The topological polar surface area (TPSA) is 78.9 Å². The number of amides is 2. The van der Waals surface area contributed by atoms with E-state index in [9.17, 15) is 9.59 Å². The largest absolute Gasteiger partial charge is 0.481 e. The zero-order valence-electron chi connectivity index (χ0n) is 15.1. The highest BCUT2D eigenvalue weighted by molar-refractivity contribution is 5.89. The lowest BCUT2D eigenvalue weighted by atomic mass is 10.1. The predicted octanol–water partition coefficient (Wildman–Crippen LogP) is 0.311. The van der Waals surface area contributed by atoms with Crippen LogP contribution in [0.4, 0.5) is 5.95 Å². The van der Waals surface area contributed by atoms with Crippen molar-refractivity contribution in [3.63, 3.8) is 0 Å². The summed E-state index contributed by atoms with van der Waals surface area (Å²) in [5.41, 5.74) is 0.851. The number of anilines is 1. The number of piperazine rings is 1. The number of nitrogens with zero attached hydrogens (tertiary/aromatic N) is 5. The Hall–Kier alpha value is -2.38. The summed E-state index contributed by atoms with van der Waals surface area (Å²) in [6, 6.07) is 1.79. The maximum atomic E-state index is 12.7. The molecule has 0 N–H and O–H groups in total. The van der Waals surface area contributed by atoms with Gasteiger partial charge in [-0.3, -0.25) is 9.59 Å². The van der Waals surface area contributed by atoms with Crippen LogP contribution in [0, 0.1) is 12.8 Å². The first-order valence-electron chi connectivity index (χ1n) is 8.73. The lowest BCUT2D eigenvalue weighted by Crippen LogP contribution is -2.51. The minimum Gasteiger partial charge on any atom is -0.481 e. The SMILES string of the molecule is CCN1C[C@H](C(=O)N2CCN(c3nc(C)cc(OC)n3)CC2)CC1=O. The van der Waals surface area contributed by atoms with E-state index >= 15 is 0 Å². The Kier molecular flexibility index (Phi) is 5.06. The first-order chi connectivity index (χ1) is 12.0. The van der Waals surface area contributed by atoms with Crippen LogP contribution in [0.1, 0.15) is 19.0 Å². The molecule has 1 aromatic heterocycles. The minimum atomic E-state index is -0.200. The molecule has 0 saturated carbocycles. The van der Waals surface area contributed by atoms with Crippen LogP contribution in [0.15, 0.2) is 6.07 Å². The third kappa shape index (κ3) is 3.67. The molecule has 0 unspecified atom stereocenters. The fourth-order valence-corrected chi connectivity index (χ4v) is 3.40. The van der Waals surface area contributed by atoms with Gasteiger partial charge in [0.2, 0.25) is 23.6 Å². The fourth-order valence-electron chi connectivity index (χ4n) is 3.40. The van der Waals surface area contributed by atoms with Crippen molar-refractivity contribution < 1.29 is 14.3 Å². The van der Waals surface area contributed by atoms with E-state index < -0.39 is 0 Å². The maximum Gasteiger partial charge on any atom is 0.228 e. The van der Waals surface area contributed by atoms with E-state index in [4.69, 9.17) is 4.74 Å². The molecule has 2 aliphatic heterocycles. The zero-order chi connectivity index (χ0) is 18.0. The first kappa shape index (κ1) is 17.4. The number of methoxy groups -OCH3 is 1. The van der Waals surface area contributed by atoms with E-state index in [-0.39, 0.29) is 17.7 Å². The van der Waals surface area contributed by atoms with Gasteiger partial charge in [-0.15, -0.1) is 0 Å². The van der Waals surface area contributed by atoms with Crippen molar-refractivity contribution in [3.05, 3.63) is 11.8 Å². The third-order valence-electron chi connectivity index (χ3n) is 4.85. The van der Waals surface area contributed by atoms with Crippen LogP contribution in [0.25, 0.3) is 0 Å². The van der Waals surface area contributed by atoms with Crippen LogP contribution in [0.5, 0.6) is 5.88 Å². The van der Waals surface area contributed by atoms with Gasteiger partial charge < -0.3 is 19.4 Å². The molecule has 1 atom stereocenters. The van der Waals surface area contributed by atoms with Gasteiger partial charge in [0.15, 0.2) is 0 Å². The third-order valence-corrected chi connectivity index (χ3v) is 4.85. The average Bonchev–Trinajstić information content (AvgIpc) is 3.01. The molecule has 0 aliphatic carbocycles. The van der Waals surface area contributed by atoms with E-state index in [1.54, 1.807) is 18.1 Å². The molecular formula is C17H25N5O3. The van der Waals surface area contributed by atoms with E-state index in [1.807, 2.05) is 18.7 Å². The van der Waals surface area contributed by atoms with Gasteiger partial charge in [0, 0.05) is 57.4 Å². The Morgan fingerprint density at radius 2 is 2.00 bits per heavy atom. The molecule has 2 saturated heterocycles. The minimum absolute atomic E-state index is 0.0831. The van der Waals surface area contributed by atoms with Crippen LogP contribution in [0.2, 0.25) is 0 Å². The predicted molar refractivity (Wildman–Crippen MR) is 92.5 cm³/mol. The second kappa shape index (κ2) is 7.25. The van der Waals surface area contributed by atoms with Crippen LogP contribution >= 0.6 is 0 Å². The highest BCUT2D eigenvalue weighted by Gasteiger charge is 2.36. The van der Waals surface area contributed by atoms with Crippen LogP contribution in [0.3, 0.4) is 0 Å². The Morgan fingerprint density at radius 3 is 2.60 bits per heavy atom. The quantitative estimate of drug-likeness (QED) is 0.780. The highest BCUT2D eigenvalue weighted by atomic mass is 16.5. The van der Waals surface area contributed by atoms with Crippen molar-refractivity contribution in [3.8, 4) is 5.88 Å². The molecule has 2 fully saturated rings. The summed E-state index contributed by atoms with van der Waals surface area (Å²) in [5.74, 6) is 1.16. The molecule has 8 heteroatoms. The lowest BCUT2D eigenvalue weighted by molar-refractivity contribution is -0.136. The van der Waals surface area contributed by atoms with Gasteiger partial charge in [0.05, 0.1) is 13.0 Å². The number of ether oxygens (including phenoxy) is 1. The Labute approximate surface area is 147 Å². The van der Waals surface area contributed by atoms with Crippen molar-refractivity contribution in [2.75, 3.05) is 51.3 Å². The number of hydrogen-bond donors (Lipinski definition) is 0. The molecule has 3 rings (SSSR count). The number of likely N-dealkylation sites (tertiary alicyclic amines) is 1. The summed E-state index contributed by atoms with van der Waals surface area (Å²) in [7, 11) is 1.59. The number of hydrogen-bond acceptors (Lipinski definition) is 6. The summed E-state index contributed by atoms with van der Waals surface area (Å²) in [4.78, 5) is 39.1. The fraction of sp³-hybridized carbons (Fsp3) is 0.647. The Bertz CT molecular complexity index is 658.